The van der Waals surface area contributed by atoms with Gasteiger partial charge in [0.25, 0.3) is 0 Å². The van der Waals surface area contributed by atoms with Crippen molar-refractivity contribution in [2.45, 2.75) is 38.8 Å². The van der Waals surface area contributed by atoms with E-state index in [-0.39, 0.29) is 23.5 Å². The minimum Gasteiger partial charge on any atom is -0.480 e. The molecule has 1 fully saturated rings. The molecule has 1 unspecified atom stereocenters. The molecule has 0 radical (unpaired) electrons. The maximum absolute atomic E-state index is 11.2. The van der Waals surface area contributed by atoms with Crippen LogP contribution in [0.25, 0.3) is 0 Å². The van der Waals surface area contributed by atoms with Gasteiger partial charge in [-0.15, -0.1) is 0 Å². The first-order valence-corrected chi connectivity index (χ1v) is 7.33. The van der Waals surface area contributed by atoms with Gasteiger partial charge in [0.1, 0.15) is 15.9 Å². The Morgan fingerprint density at radius 3 is 2.19 bits per heavy atom. The van der Waals surface area contributed by atoms with Gasteiger partial charge >= 0.3 is 5.97 Å². The third-order valence-electron chi connectivity index (χ3n) is 2.90. The Morgan fingerprint density at radius 2 is 1.81 bits per heavy atom. The van der Waals surface area contributed by atoms with Crippen molar-refractivity contribution in [2.24, 2.45) is 5.92 Å². The van der Waals surface area contributed by atoms with Crippen molar-refractivity contribution >= 4 is 15.8 Å². The molecular weight excluding hydrogens is 230 g/mol. The van der Waals surface area contributed by atoms with Gasteiger partial charge in [-0.25, -0.2) is 8.42 Å². The highest BCUT2D eigenvalue weighted by Gasteiger charge is 2.29. The predicted octanol–water partition coefficient (Wildman–Crippen LogP) is 0.262. The summed E-state index contributed by atoms with van der Waals surface area (Å²) >= 11 is 0. The van der Waals surface area contributed by atoms with Crippen LogP contribution in [-0.4, -0.2) is 43.1 Å². The zero-order valence-corrected chi connectivity index (χ0v) is 10.5. The van der Waals surface area contributed by atoms with Gasteiger partial charge in [-0.1, -0.05) is 13.8 Å². The highest BCUT2D eigenvalue weighted by molar-refractivity contribution is 7.91. The first-order chi connectivity index (χ1) is 7.32. The number of carboxylic acids is 1. The predicted molar refractivity (Wildman–Crippen MR) is 61.1 cm³/mol. The van der Waals surface area contributed by atoms with Crippen LogP contribution in [-0.2, 0) is 14.6 Å². The van der Waals surface area contributed by atoms with Gasteiger partial charge in [0, 0.05) is 6.04 Å². The summed E-state index contributed by atoms with van der Waals surface area (Å²) in [5.41, 5.74) is 0. The molecule has 1 aliphatic rings. The summed E-state index contributed by atoms with van der Waals surface area (Å²) in [4.78, 5) is 11.0. The highest BCUT2D eigenvalue weighted by Crippen LogP contribution is 2.14. The van der Waals surface area contributed by atoms with Gasteiger partial charge in [0.15, 0.2) is 0 Å². The first-order valence-electron chi connectivity index (χ1n) is 5.51. The number of nitrogens with one attached hydrogen (secondary N) is 1. The lowest BCUT2D eigenvalue weighted by atomic mass is 10.0. The Bertz CT molecular complexity index is 336. The smallest absolute Gasteiger partial charge is 0.320 e. The molecule has 0 bridgehead atoms. The molecule has 0 aromatic carbocycles. The van der Waals surface area contributed by atoms with E-state index < -0.39 is 21.8 Å². The lowest BCUT2D eigenvalue weighted by Gasteiger charge is -2.28. The van der Waals surface area contributed by atoms with Crippen molar-refractivity contribution in [2.75, 3.05) is 11.5 Å². The SMILES string of the molecule is CC(C)C(NC1CCS(=O)(=O)CC1)C(=O)O. The van der Waals surface area contributed by atoms with Crippen molar-refractivity contribution in [3.05, 3.63) is 0 Å². The lowest BCUT2D eigenvalue weighted by molar-refractivity contribution is -0.140. The van der Waals surface area contributed by atoms with Crippen LogP contribution < -0.4 is 5.32 Å². The van der Waals surface area contributed by atoms with Crippen LogP contribution in [0.1, 0.15) is 26.7 Å². The minimum atomic E-state index is -2.88. The van der Waals surface area contributed by atoms with E-state index in [1.54, 1.807) is 0 Å². The van der Waals surface area contributed by atoms with Crippen LogP contribution in [0.3, 0.4) is 0 Å². The Kier molecular flexibility index (Phi) is 4.32. The van der Waals surface area contributed by atoms with Gasteiger partial charge in [-0.2, -0.15) is 0 Å². The largest absolute Gasteiger partial charge is 0.480 e. The number of hydrogen-bond acceptors (Lipinski definition) is 4. The molecule has 0 aliphatic carbocycles. The Hall–Kier alpha value is -0.620. The van der Waals surface area contributed by atoms with Crippen molar-refractivity contribution < 1.29 is 18.3 Å². The second-order valence-corrected chi connectivity index (χ2v) is 6.96. The summed E-state index contributed by atoms with van der Waals surface area (Å²) < 4.78 is 22.4. The van der Waals surface area contributed by atoms with Gasteiger partial charge in [0.05, 0.1) is 11.5 Å². The van der Waals surface area contributed by atoms with Crippen LogP contribution in [0, 0.1) is 5.92 Å². The lowest BCUT2D eigenvalue weighted by Crippen LogP contribution is -2.49. The maximum atomic E-state index is 11.2. The van der Waals surface area contributed by atoms with Crippen molar-refractivity contribution in [3.8, 4) is 0 Å². The zero-order chi connectivity index (χ0) is 12.3. The summed E-state index contributed by atoms with van der Waals surface area (Å²) in [6.45, 7) is 3.68. The maximum Gasteiger partial charge on any atom is 0.320 e. The summed E-state index contributed by atoms with van der Waals surface area (Å²) in [7, 11) is -2.88. The zero-order valence-electron chi connectivity index (χ0n) is 9.64. The van der Waals surface area contributed by atoms with Gasteiger partial charge in [-0.3, -0.25) is 4.79 Å². The Balaban J connectivity index is 2.52. The average Bonchev–Trinajstić information content (AvgIpc) is 2.15. The minimum absolute atomic E-state index is 0.00367. The molecule has 2 N–H and O–H groups in total. The molecule has 0 saturated carbocycles. The summed E-state index contributed by atoms with van der Waals surface area (Å²) in [6.07, 6.45) is 1.03. The molecule has 1 rings (SSSR count). The fraction of sp³-hybridized carbons (Fsp3) is 0.900. The van der Waals surface area contributed by atoms with E-state index in [0.717, 1.165) is 0 Å². The van der Waals surface area contributed by atoms with Crippen molar-refractivity contribution in [3.63, 3.8) is 0 Å². The second kappa shape index (κ2) is 5.14. The van der Waals surface area contributed by atoms with E-state index in [2.05, 4.69) is 5.32 Å². The molecule has 0 aromatic heterocycles. The molecule has 0 aromatic rings. The van der Waals surface area contributed by atoms with Gasteiger partial charge < -0.3 is 10.4 Å². The summed E-state index contributed by atoms with van der Waals surface area (Å²) in [5.74, 6) is -0.552. The monoisotopic (exact) mass is 249 g/mol. The van der Waals surface area contributed by atoms with Crippen LogP contribution in [0.2, 0.25) is 0 Å². The fourth-order valence-corrected chi connectivity index (χ4v) is 3.35. The van der Waals surface area contributed by atoms with Crippen LogP contribution in [0.5, 0.6) is 0 Å². The van der Waals surface area contributed by atoms with E-state index in [1.807, 2.05) is 13.8 Å². The molecule has 16 heavy (non-hydrogen) atoms. The molecule has 1 aliphatic heterocycles. The van der Waals surface area contributed by atoms with E-state index in [0.29, 0.717) is 12.8 Å². The molecule has 1 heterocycles. The van der Waals surface area contributed by atoms with Crippen molar-refractivity contribution in [1.29, 1.82) is 0 Å². The molecule has 94 valence electrons. The number of sulfone groups is 1. The topological polar surface area (TPSA) is 83.5 Å². The summed E-state index contributed by atoms with van der Waals surface area (Å²) in [5, 5.41) is 12.0. The Morgan fingerprint density at radius 1 is 1.31 bits per heavy atom. The normalized spacial score (nSPS) is 23.2. The van der Waals surface area contributed by atoms with Gasteiger partial charge in [-0.05, 0) is 18.8 Å². The molecule has 0 spiro atoms. The summed E-state index contributed by atoms with van der Waals surface area (Å²) in [6, 6.07) is -0.585. The first kappa shape index (κ1) is 13.4. The third kappa shape index (κ3) is 3.75. The molecule has 1 saturated heterocycles. The average molecular weight is 249 g/mol. The van der Waals surface area contributed by atoms with E-state index in [4.69, 9.17) is 5.11 Å². The van der Waals surface area contributed by atoms with E-state index >= 15 is 0 Å². The van der Waals surface area contributed by atoms with Crippen LogP contribution >= 0.6 is 0 Å². The molecule has 1 atom stereocenters. The molecule has 0 amide bonds. The Labute approximate surface area is 96.1 Å². The molecular formula is C10H19NO4S. The number of aliphatic carboxylic acids is 1. The van der Waals surface area contributed by atoms with Crippen LogP contribution in [0.4, 0.5) is 0 Å². The molecule has 6 heteroatoms. The highest BCUT2D eigenvalue weighted by atomic mass is 32.2. The number of rotatable bonds is 4. The third-order valence-corrected chi connectivity index (χ3v) is 4.62. The van der Waals surface area contributed by atoms with Gasteiger partial charge in [0.2, 0.25) is 0 Å². The standard InChI is InChI=1S/C10H19NO4S/c1-7(2)9(10(12)13)11-8-3-5-16(14,15)6-4-8/h7-9,11H,3-6H2,1-2H3,(H,12,13). The number of hydrogen-bond donors (Lipinski definition) is 2. The van der Waals surface area contributed by atoms with E-state index in [1.165, 1.54) is 0 Å². The number of carbonyl (C=O) groups is 1. The quantitative estimate of drug-likeness (QED) is 0.747. The van der Waals surface area contributed by atoms with E-state index in [9.17, 15) is 13.2 Å². The number of carboxylic acid groups (broad SMARTS) is 1. The fourth-order valence-electron chi connectivity index (χ4n) is 1.86. The second-order valence-electron chi connectivity index (χ2n) is 4.65. The van der Waals surface area contributed by atoms with Crippen molar-refractivity contribution in [1.82, 2.24) is 5.32 Å². The molecule has 5 nitrogen and oxygen atoms in total. The van der Waals surface area contributed by atoms with Crippen LogP contribution in [0.15, 0.2) is 0 Å².